The molecule has 0 rings (SSSR count). The van der Waals surface area contributed by atoms with E-state index in [4.69, 9.17) is 0 Å². The quantitative estimate of drug-likeness (QED) is 0.447. The van der Waals surface area contributed by atoms with E-state index >= 15 is 0 Å². The van der Waals surface area contributed by atoms with Gasteiger partial charge in [0.05, 0.1) is 0 Å². The van der Waals surface area contributed by atoms with Crippen LogP contribution in [0.1, 0.15) is 52.4 Å². The Balaban J connectivity index is -0.000000245. The van der Waals surface area contributed by atoms with Gasteiger partial charge in [-0.15, -0.1) is 0 Å². The molecule has 0 unspecified atom stereocenters. The summed E-state index contributed by atoms with van der Waals surface area (Å²) in [5.74, 6) is 0. The predicted octanol–water partition coefficient (Wildman–Crippen LogP) is 2.61. The van der Waals surface area contributed by atoms with Crippen LogP contribution in [0.25, 0.3) is 0 Å². The Morgan fingerprint density at radius 2 is 1.00 bits per heavy atom. The van der Waals surface area contributed by atoms with Crippen LogP contribution in [0.2, 0.25) is 0 Å². The summed E-state index contributed by atoms with van der Waals surface area (Å²) in [6.45, 7) is 4.51. The summed E-state index contributed by atoms with van der Waals surface area (Å²) in [7, 11) is 0. The minimum atomic E-state index is 0. The van der Waals surface area contributed by atoms with Crippen molar-refractivity contribution < 1.29 is 0 Å². The zero-order chi connectivity index (χ0) is 6.24. The molecule has 0 N–H and O–H groups in total. The Bertz CT molecular complexity index is 34.2. The first-order valence-corrected chi connectivity index (χ1v) is 3.91. The van der Waals surface area contributed by atoms with Crippen LogP contribution in [0.4, 0.5) is 0 Å². The van der Waals surface area contributed by atoms with Crippen molar-refractivity contribution in [3.05, 3.63) is 0 Å². The van der Waals surface area contributed by atoms with Gasteiger partial charge in [-0.25, -0.2) is 0 Å². The minimum Gasteiger partial charge on any atom is -0.0654 e. The van der Waals surface area contributed by atoms with E-state index in [1.807, 2.05) is 0 Å². The van der Waals surface area contributed by atoms with Gasteiger partial charge in [-0.05, 0) is 0 Å². The van der Waals surface area contributed by atoms with Crippen molar-refractivity contribution >= 4 is 67.3 Å². The summed E-state index contributed by atoms with van der Waals surface area (Å²) in [6.07, 6.45) is 8.49. The first-order chi connectivity index (χ1) is 3.91. The Hall–Kier alpha value is 2.26. The number of hydrogen-bond donors (Lipinski definition) is 0. The van der Waals surface area contributed by atoms with Gasteiger partial charge in [-0.3, -0.25) is 0 Å². The molecule has 0 nitrogen and oxygen atoms in total. The van der Waals surface area contributed by atoms with Crippen molar-refractivity contribution in [3.63, 3.8) is 0 Å². The van der Waals surface area contributed by atoms with Gasteiger partial charge in [0.15, 0.2) is 0 Å². The molecule has 0 aliphatic carbocycles. The second-order valence-electron chi connectivity index (χ2n) is 2.41. The molecule has 0 heterocycles. The molecule has 0 saturated carbocycles. The Kier molecular flexibility index (Phi) is 31.5. The van der Waals surface area contributed by atoms with Gasteiger partial charge in [0.2, 0.25) is 0 Å². The van der Waals surface area contributed by atoms with E-state index in [1.54, 1.807) is 0 Å². The second kappa shape index (κ2) is 17.4. The maximum Gasteiger partial charge on any atom is 0 e. The van der Waals surface area contributed by atoms with Gasteiger partial charge in [0, 0.05) is 67.3 Å². The average Bonchev–Trinajstić information content (AvgIpc) is 1.81. The largest absolute Gasteiger partial charge is 0.0654 e. The fourth-order valence-electron chi connectivity index (χ4n) is 0.854. The van der Waals surface area contributed by atoms with E-state index in [2.05, 4.69) is 13.8 Å². The zero-order valence-corrected chi connectivity index (χ0v) is 12.2. The molecule has 0 aromatic heterocycles. The molecule has 0 aromatic rings. The molecule has 0 saturated heterocycles. The molecule has 10 heavy (non-hydrogen) atoms. The fraction of sp³-hybridized carbons (Fsp3) is 1.00. The summed E-state index contributed by atoms with van der Waals surface area (Å²) in [6, 6.07) is 0. The van der Waals surface area contributed by atoms with Crippen molar-refractivity contribution in [1.29, 1.82) is 0 Å². The van der Waals surface area contributed by atoms with E-state index in [0.717, 1.165) is 0 Å². The number of rotatable bonds is 5. The molecule has 0 fully saturated rings. The SMILES string of the molecule is CCCCCCCC.[Ca].[Na]. The summed E-state index contributed by atoms with van der Waals surface area (Å²) >= 11 is 0. The van der Waals surface area contributed by atoms with Gasteiger partial charge in [0.25, 0.3) is 0 Å². The Morgan fingerprint density at radius 3 is 1.20 bits per heavy atom. The van der Waals surface area contributed by atoms with Gasteiger partial charge >= 0.3 is 0 Å². The average molecular weight is 177 g/mol. The van der Waals surface area contributed by atoms with Gasteiger partial charge < -0.3 is 0 Å². The van der Waals surface area contributed by atoms with E-state index in [-0.39, 0.29) is 67.3 Å². The Labute approximate surface area is 118 Å². The molecular weight excluding hydrogens is 159 g/mol. The van der Waals surface area contributed by atoms with Crippen LogP contribution in [-0.4, -0.2) is 67.3 Å². The first kappa shape index (κ1) is 18.1. The van der Waals surface area contributed by atoms with E-state index in [1.165, 1.54) is 38.5 Å². The third-order valence-electron chi connectivity index (χ3n) is 1.46. The number of hydrogen-bond acceptors (Lipinski definition) is 0. The molecule has 0 spiro atoms. The van der Waals surface area contributed by atoms with Crippen LogP contribution in [0.5, 0.6) is 0 Å². The van der Waals surface area contributed by atoms with Crippen molar-refractivity contribution in [2.45, 2.75) is 52.4 Å². The smallest absolute Gasteiger partial charge is 0 e. The van der Waals surface area contributed by atoms with Crippen molar-refractivity contribution in [3.8, 4) is 0 Å². The van der Waals surface area contributed by atoms with Crippen LogP contribution in [0.15, 0.2) is 0 Å². The topological polar surface area (TPSA) is 0 Å². The standard InChI is InChI=1S/C8H18.Ca.Na/c1-3-5-7-8-6-4-2;;/h3-8H2,1-2H3;;. The monoisotopic (exact) mass is 177 g/mol. The number of unbranched alkanes of at least 4 members (excludes halogenated alkanes) is 5. The van der Waals surface area contributed by atoms with E-state index < -0.39 is 0 Å². The zero-order valence-electron chi connectivity index (χ0n) is 7.95. The molecule has 3 radical (unpaired) electrons. The molecular formula is C8H18CaNa. The maximum absolute atomic E-state index is 2.26. The molecule has 0 aliphatic heterocycles. The third-order valence-corrected chi connectivity index (χ3v) is 1.46. The van der Waals surface area contributed by atoms with Gasteiger partial charge in [-0.1, -0.05) is 52.4 Å². The minimum absolute atomic E-state index is 0. The van der Waals surface area contributed by atoms with Gasteiger partial charge in [0.1, 0.15) is 0 Å². The second-order valence-corrected chi connectivity index (χ2v) is 2.41. The summed E-state index contributed by atoms with van der Waals surface area (Å²) < 4.78 is 0. The molecule has 2 heteroatoms. The first-order valence-electron chi connectivity index (χ1n) is 3.91. The summed E-state index contributed by atoms with van der Waals surface area (Å²) in [5, 5.41) is 0. The summed E-state index contributed by atoms with van der Waals surface area (Å²) in [5.41, 5.74) is 0. The van der Waals surface area contributed by atoms with E-state index in [0.29, 0.717) is 0 Å². The van der Waals surface area contributed by atoms with Crippen LogP contribution in [0.3, 0.4) is 0 Å². The fourth-order valence-corrected chi connectivity index (χ4v) is 0.854. The van der Waals surface area contributed by atoms with Gasteiger partial charge in [-0.2, -0.15) is 0 Å². The third kappa shape index (κ3) is 16.7. The molecule has 53 valence electrons. The van der Waals surface area contributed by atoms with Crippen LogP contribution in [-0.2, 0) is 0 Å². The molecule has 0 aromatic carbocycles. The van der Waals surface area contributed by atoms with Crippen LogP contribution in [0, 0.1) is 0 Å². The molecule has 0 aliphatic rings. The van der Waals surface area contributed by atoms with Crippen LogP contribution >= 0.6 is 0 Å². The molecule has 0 bridgehead atoms. The van der Waals surface area contributed by atoms with Crippen molar-refractivity contribution in [1.82, 2.24) is 0 Å². The predicted molar refractivity (Wildman–Crippen MR) is 50.6 cm³/mol. The maximum atomic E-state index is 2.26. The van der Waals surface area contributed by atoms with E-state index in [9.17, 15) is 0 Å². The Morgan fingerprint density at radius 1 is 0.700 bits per heavy atom. The summed E-state index contributed by atoms with van der Waals surface area (Å²) in [4.78, 5) is 0. The normalized spacial score (nSPS) is 7.80. The van der Waals surface area contributed by atoms with Crippen molar-refractivity contribution in [2.75, 3.05) is 0 Å². The van der Waals surface area contributed by atoms with Crippen molar-refractivity contribution in [2.24, 2.45) is 0 Å². The molecule has 0 amide bonds. The van der Waals surface area contributed by atoms with Crippen LogP contribution < -0.4 is 0 Å². The molecule has 0 atom stereocenters.